The summed E-state index contributed by atoms with van der Waals surface area (Å²) in [6.07, 6.45) is -10.5. The molecule has 1 N–H and O–H groups in total. The second-order valence-corrected chi connectivity index (χ2v) is 5.86. The molecule has 0 saturated heterocycles. The van der Waals surface area contributed by atoms with E-state index in [1.165, 1.54) is 0 Å². The molecule has 2 rings (SSSR count). The molecule has 0 aliphatic heterocycles. The Kier molecular flexibility index (Phi) is 6.31. The van der Waals surface area contributed by atoms with E-state index in [0.29, 0.717) is 12.1 Å². The van der Waals surface area contributed by atoms with Crippen molar-refractivity contribution in [3.05, 3.63) is 76.1 Å². The first-order valence-electron chi connectivity index (χ1n) is 7.65. The van der Waals surface area contributed by atoms with Crippen molar-refractivity contribution in [3.8, 4) is 0 Å². The predicted octanol–water partition coefficient (Wildman–Crippen LogP) is 6.27. The maximum Gasteiger partial charge on any atom is 0.416 e. The van der Waals surface area contributed by atoms with Crippen molar-refractivity contribution in [2.24, 2.45) is 0 Å². The van der Waals surface area contributed by atoms with Crippen LogP contribution in [-0.2, 0) is 12.8 Å². The molecule has 11 heteroatoms. The molecule has 0 spiro atoms. The lowest BCUT2D eigenvalue weighted by atomic mass is 9.95. The largest absolute Gasteiger partial charge is 0.416 e. The minimum Gasteiger partial charge on any atom is -0.392 e. The summed E-state index contributed by atoms with van der Waals surface area (Å²) in [4.78, 5) is 0. The summed E-state index contributed by atoms with van der Waals surface area (Å²) in [7, 11) is 0. The SMILES string of the molecule is OCc1ccc(/C(F)=C/C(c2cc(F)c(F)c(F)c2)C(F)(F)F)cc1C(F)(F)F. The topological polar surface area (TPSA) is 20.2 Å². The minimum atomic E-state index is -5.30. The van der Waals surface area contributed by atoms with E-state index in [0.717, 1.165) is 0 Å². The maximum absolute atomic E-state index is 14.4. The highest BCUT2D eigenvalue weighted by Crippen LogP contribution is 2.40. The van der Waals surface area contributed by atoms with Gasteiger partial charge in [-0.3, -0.25) is 0 Å². The lowest BCUT2D eigenvalue weighted by Crippen LogP contribution is -2.20. The predicted molar refractivity (Wildman–Crippen MR) is 81.6 cm³/mol. The molecule has 1 unspecified atom stereocenters. The lowest BCUT2D eigenvalue weighted by molar-refractivity contribution is -0.140. The third-order valence-corrected chi connectivity index (χ3v) is 3.89. The summed E-state index contributed by atoms with van der Waals surface area (Å²) in [5, 5.41) is 8.93. The standard InChI is InChI=1S/C18H10F10O/c19-13(8-1-2-9(7-29)11(3-8)17(23,24)25)6-12(18(26,27)28)10-4-14(20)16(22)15(21)5-10/h1-6,12,29H,7H2/b13-6-. The average Bonchev–Trinajstić information content (AvgIpc) is 2.61. The number of alkyl halides is 6. The number of benzene rings is 2. The average molecular weight is 432 g/mol. The summed E-state index contributed by atoms with van der Waals surface area (Å²) >= 11 is 0. The highest BCUT2D eigenvalue weighted by molar-refractivity contribution is 5.62. The molecule has 29 heavy (non-hydrogen) atoms. The van der Waals surface area contributed by atoms with Crippen LogP contribution in [0.4, 0.5) is 43.9 Å². The van der Waals surface area contributed by atoms with Crippen LogP contribution in [0.1, 0.15) is 28.2 Å². The van der Waals surface area contributed by atoms with Crippen molar-refractivity contribution in [1.82, 2.24) is 0 Å². The normalized spacial score (nSPS) is 14.2. The molecule has 2 aromatic carbocycles. The van der Waals surface area contributed by atoms with Crippen LogP contribution in [0.2, 0.25) is 0 Å². The second kappa shape index (κ2) is 8.05. The van der Waals surface area contributed by atoms with E-state index >= 15 is 0 Å². The van der Waals surface area contributed by atoms with Crippen LogP contribution < -0.4 is 0 Å². The maximum atomic E-state index is 14.4. The van der Waals surface area contributed by atoms with Crippen LogP contribution in [0.15, 0.2) is 36.4 Å². The van der Waals surface area contributed by atoms with E-state index in [1.54, 1.807) is 0 Å². The van der Waals surface area contributed by atoms with Crippen LogP contribution in [0, 0.1) is 17.5 Å². The molecule has 2 aromatic rings. The Morgan fingerprint density at radius 3 is 1.93 bits per heavy atom. The monoisotopic (exact) mass is 432 g/mol. The van der Waals surface area contributed by atoms with Gasteiger partial charge in [-0.25, -0.2) is 17.6 Å². The van der Waals surface area contributed by atoms with Gasteiger partial charge in [-0.15, -0.1) is 0 Å². The molecule has 0 amide bonds. The van der Waals surface area contributed by atoms with Gasteiger partial charge in [-0.2, -0.15) is 26.3 Å². The Balaban J connectivity index is 2.58. The molecular formula is C18H10F10O. The first-order valence-corrected chi connectivity index (χ1v) is 7.65. The van der Waals surface area contributed by atoms with Gasteiger partial charge in [-0.05, 0) is 35.4 Å². The molecule has 158 valence electrons. The number of aliphatic hydroxyl groups excluding tert-OH is 1. The first-order chi connectivity index (χ1) is 13.3. The van der Waals surface area contributed by atoms with Crippen molar-refractivity contribution in [2.75, 3.05) is 0 Å². The van der Waals surface area contributed by atoms with Crippen LogP contribution >= 0.6 is 0 Å². The quantitative estimate of drug-likeness (QED) is 0.446. The number of aliphatic hydroxyl groups is 1. The highest BCUT2D eigenvalue weighted by atomic mass is 19.4. The van der Waals surface area contributed by atoms with Crippen LogP contribution in [-0.4, -0.2) is 11.3 Å². The van der Waals surface area contributed by atoms with Crippen LogP contribution in [0.25, 0.3) is 5.83 Å². The molecule has 0 fully saturated rings. The van der Waals surface area contributed by atoms with Gasteiger partial charge < -0.3 is 5.11 Å². The Morgan fingerprint density at radius 2 is 1.48 bits per heavy atom. The fraction of sp³-hybridized carbons (Fsp3) is 0.222. The molecule has 0 saturated carbocycles. The number of hydrogen-bond donors (Lipinski definition) is 1. The third-order valence-electron chi connectivity index (χ3n) is 3.89. The van der Waals surface area contributed by atoms with Gasteiger partial charge in [0.15, 0.2) is 17.5 Å². The molecule has 0 heterocycles. The van der Waals surface area contributed by atoms with Gasteiger partial charge in [0.05, 0.1) is 12.2 Å². The number of allylic oxidation sites excluding steroid dienone is 1. The lowest BCUT2D eigenvalue weighted by Gasteiger charge is -2.18. The molecule has 0 bridgehead atoms. The van der Waals surface area contributed by atoms with E-state index < -0.39 is 70.4 Å². The van der Waals surface area contributed by atoms with E-state index in [4.69, 9.17) is 5.11 Å². The Hall–Kier alpha value is -2.56. The Bertz CT molecular complexity index is 904. The third kappa shape index (κ3) is 5.08. The van der Waals surface area contributed by atoms with E-state index in [9.17, 15) is 43.9 Å². The zero-order valence-corrected chi connectivity index (χ0v) is 14.0. The van der Waals surface area contributed by atoms with Crippen molar-refractivity contribution in [2.45, 2.75) is 24.9 Å². The smallest absolute Gasteiger partial charge is 0.392 e. The van der Waals surface area contributed by atoms with E-state index in [-0.39, 0.29) is 24.3 Å². The van der Waals surface area contributed by atoms with E-state index in [2.05, 4.69) is 0 Å². The first kappa shape index (κ1) is 22.7. The molecule has 0 aliphatic carbocycles. The van der Waals surface area contributed by atoms with Crippen molar-refractivity contribution < 1.29 is 49.0 Å². The summed E-state index contributed by atoms with van der Waals surface area (Å²) in [6.45, 7) is -1.06. The van der Waals surface area contributed by atoms with Gasteiger partial charge in [0, 0.05) is 5.56 Å². The fourth-order valence-corrected chi connectivity index (χ4v) is 2.50. The van der Waals surface area contributed by atoms with Gasteiger partial charge in [0.2, 0.25) is 0 Å². The van der Waals surface area contributed by atoms with Crippen molar-refractivity contribution in [1.29, 1.82) is 0 Å². The number of halogens is 10. The molecule has 0 aromatic heterocycles. The molecule has 1 nitrogen and oxygen atoms in total. The fourth-order valence-electron chi connectivity index (χ4n) is 2.50. The van der Waals surface area contributed by atoms with Crippen LogP contribution in [0.5, 0.6) is 0 Å². The van der Waals surface area contributed by atoms with Crippen LogP contribution in [0.3, 0.4) is 0 Å². The summed E-state index contributed by atoms with van der Waals surface area (Å²) < 4.78 is 133. The minimum absolute atomic E-state index is 0.0103. The summed E-state index contributed by atoms with van der Waals surface area (Å²) in [6, 6.07) is 1.58. The van der Waals surface area contributed by atoms with E-state index in [1.807, 2.05) is 0 Å². The zero-order valence-electron chi connectivity index (χ0n) is 14.0. The number of hydrogen-bond acceptors (Lipinski definition) is 1. The molecular weight excluding hydrogens is 422 g/mol. The molecule has 0 aliphatic rings. The van der Waals surface area contributed by atoms with Gasteiger partial charge in [0.25, 0.3) is 0 Å². The van der Waals surface area contributed by atoms with Gasteiger partial charge >= 0.3 is 12.4 Å². The summed E-state index contributed by atoms with van der Waals surface area (Å²) in [5.41, 5.74) is -4.20. The molecule has 0 radical (unpaired) electrons. The number of rotatable bonds is 4. The Morgan fingerprint density at radius 1 is 0.931 bits per heavy atom. The summed E-state index contributed by atoms with van der Waals surface area (Å²) in [5.74, 6) is -10.7. The van der Waals surface area contributed by atoms with Gasteiger partial charge in [0.1, 0.15) is 11.7 Å². The highest BCUT2D eigenvalue weighted by Gasteiger charge is 2.41. The zero-order chi connectivity index (χ0) is 22.1. The molecule has 1 atom stereocenters. The van der Waals surface area contributed by atoms with Gasteiger partial charge in [-0.1, -0.05) is 12.1 Å². The Labute approximate surface area is 156 Å². The van der Waals surface area contributed by atoms with Crippen molar-refractivity contribution >= 4 is 5.83 Å². The van der Waals surface area contributed by atoms with Crippen molar-refractivity contribution in [3.63, 3.8) is 0 Å². The second-order valence-electron chi connectivity index (χ2n) is 5.86.